The number of hydrogen-bond acceptors (Lipinski definition) is 2. The summed E-state index contributed by atoms with van der Waals surface area (Å²) in [5.74, 6) is 0.652. The summed E-state index contributed by atoms with van der Waals surface area (Å²) >= 11 is 5.83. The Bertz CT molecular complexity index is 531. The van der Waals surface area contributed by atoms with Crippen molar-refractivity contribution >= 4 is 17.4 Å². The highest BCUT2D eigenvalue weighted by Gasteiger charge is 2.09. The third kappa shape index (κ3) is 3.67. The van der Waals surface area contributed by atoms with Gasteiger partial charge in [-0.1, -0.05) is 30.3 Å². The van der Waals surface area contributed by atoms with Gasteiger partial charge in [0.15, 0.2) is 0 Å². The second-order valence-corrected chi connectivity index (χ2v) is 4.69. The van der Waals surface area contributed by atoms with E-state index < -0.39 is 0 Å². The highest BCUT2D eigenvalue weighted by atomic mass is 35.5. The molecule has 0 aliphatic carbocycles. The summed E-state index contributed by atoms with van der Waals surface area (Å²) < 4.78 is 13.1. The molecule has 100 valence electrons. The van der Waals surface area contributed by atoms with Crippen LogP contribution in [0.25, 0.3) is 0 Å². The Hall–Kier alpha value is -1.61. The van der Waals surface area contributed by atoms with E-state index in [2.05, 4.69) is 17.1 Å². The smallest absolute Gasteiger partial charge is 0.141 e. The second-order valence-electron chi connectivity index (χ2n) is 4.43. The van der Waals surface area contributed by atoms with Crippen molar-refractivity contribution in [1.29, 1.82) is 0 Å². The number of rotatable bonds is 5. The van der Waals surface area contributed by atoms with Gasteiger partial charge in [0.1, 0.15) is 11.6 Å². The quantitative estimate of drug-likeness (QED) is 0.777. The van der Waals surface area contributed by atoms with Gasteiger partial charge in [0.05, 0.1) is 12.1 Å². The molecule has 19 heavy (non-hydrogen) atoms. The molecule has 0 bridgehead atoms. The molecule has 2 nitrogen and oxygen atoms in total. The molecular weight excluding hydrogens is 263 g/mol. The van der Waals surface area contributed by atoms with Crippen LogP contribution in [0.1, 0.15) is 11.1 Å². The molecule has 1 aromatic heterocycles. The first kappa shape index (κ1) is 13.8. The van der Waals surface area contributed by atoms with Gasteiger partial charge in [-0.3, -0.25) is 0 Å². The largest absolute Gasteiger partial charge is 0.359 e. The number of likely N-dealkylation sites (N-methyl/N-ethyl adjacent to an activating group) is 1. The van der Waals surface area contributed by atoms with Crippen molar-refractivity contribution in [3.63, 3.8) is 0 Å². The van der Waals surface area contributed by atoms with Gasteiger partial charge in [-0.25, -0.2) is 9.37 Å². The fraction of sp³-hybridized carbons (Fsp3) is 0.267. The predicted octanol–water partition coefficient (Wildman–Crippen LogP) is 3.64. The summed E-state index contributed by atoms with van der Waals surface area (Å²) in [7, 11) is 1.94. The minimum absolute atomic E-state index is 0.260. The van der Waals surface area contributed by atoms with Gasteiger partial charge in [-0.05, 0) is 18.1 Å². The third-order valence-electron chi connectivity index (χ3n) is 2.99. The topological polar surface area (TPSA) is 16.1 Å². The van der Waals surface area contributed by atoms with Gasteiger partial charge in [0.25, 0.3) is 0 Å². The summed E-state index contributed by atoms with van der Waals surface area (Å²) in [6.07, 6.45) is 2.14. The van der Waals surface area contributed by atoms with Gasteiger partial charge >= 0.3 is 0 Å². The SMILES string of the molecule is CN(CCc1ccccc1)c1ncc(F)cc1CCl. The number of nitrogens with zero attached hydrogens (tertiary/aromatic N) is 2. The van der Waals surface area contributed by atoms with Gasteiger partial charge in [-0.15, -0.1) is 11.6 Å². The van der Waals surface area contributed by atoms with Crippen molar-refractivity contribution < 1.29 is 4.39 Å². The van der Waals surface area contributed by atoms with Crippen LogP contribution in [-0.2, 0) is 12.3 Å². The maximum Gasteiger partial charge on any atom is 0.141 e. The van der Waals surface area contributed by atoms with Crippen LogP contribution in [0.5, 0.6) is 0 Å². The number of halogens is 2. The minimum Gasteiger partial charge on any atom is -0.359 e. The average Bonchev–Trinajstić information content (AvgIpc) is 2.45. The van der Waals surface area contributed by atoms with E-state index in [-0.39, 0.29) is 11.7 Å². The predicted molar refractivity (Wildman–Crippen MR) is 77.2 cm³/mol. The lowest BCUT2D eigenvalue weighted by atomic mass is 10.1. The molecule has 1 aromatic carbocycles. The number of alkyl halides is 1. The molecule has 0 saturated carbocycles. The summed E-state index contributed by atoms with van der Waals surface area (Å²) in [4.78, 5) is 6.13. The van der Waals surface area contributed by atoms with Crippen LogP contribution < -0.4 is 4.90 Å². The Morgan fingerprint density at radius 1 is 1.26 bits per heavy atom. The number of aromatic nitrogens is 1. The first-order valence-electron chi connectivity index (χ1n) is 6.16. The fourth-order valence-electron chi connectivity index (χ4n) is 1.96. The Morgan fingerprint density at radius 3 is 2.68 bits per heavy atom. The molecule has 1 heterocycles. The molecular formula is C15H16ClFN2. The molecule has 0 saturated heterocycles. The van der Waals surface area contributed by atoms with E-state index in [0.29, 0.717) is 0 Å². The Balaban J connectivity index is 2.05. The molecule has 0 amide bonds. The van der Waals surface area contributed by atoms with Crippen LogP contribution in [0.2, 0.25) is 0 Å². The fourth-order valence-corrected chi connectivity index (χ4v) is 2.16. The van der Waals surface area contributed by atoms with Gasteiger partial charge in [0.2, 0.25) is 0 Å². The molecule has 0 aliphatic rings. The number of anilines is 1. The zero-order chi connectivity index (χ0) is 13.7. The lowest BCUT2D eigenvalue weighted by Crippen LogP contribution is -2.22. The molecule has 0 atom stereocenters. The first-order chi connectivity index (χ1) is 9.20. The molecule has 4 heteroatoms. The number of pyridine rings is 1. The third-order valence-corrected chi connectivity index (χ3v) is 3.28. The minimum atomic E-state index is -0.351. The van der Waals surface area contributed by atoms with E-state index in [1.807, 2.05) is 30.1 Å². The Labute approximate surface area is 117 Å². The summed E-state index contributed by atoms with van der Waals surface area (Å²) in [5, 5.41) is 0. The van der Waals surface area contributed by atoms with Gasteiger partial charge < -0.3 is 4.90 Å². The van der Waals surface area contributed by atoms with Crippen LogP contribution in [0, 0.1) is 5.82 Å². The molecule has 2 rings (SSSR count). The second kappa shape index (κ2) is 6.53. The average molecular weight is 279 g/mol. The summed E-state index contributed by atoms with van der Waals surface area (Å²) in [6.45, 7) is 0.812. The maximum atomic E-state index is 13.1. The molecule has 0 radical (unpaired) electrons. The molecule has 2 aromatic rings. The summed E-state index contributed by atoms with van der Waals surface area (Å²) in [5.41, 5.74) is 1.99. The van der Waals surface area contributed by atoms with Crippen molar-refractivity contribution in [2.45, 2.75) is 12.3 Å². The maximum absolute atomic E-state index is 13.1. The van der Waals surface area contributed by atoms with Crippen LogP contribution >= 0.6 is 11.6 Å². The molecule has 0 aliphatic heterocycles. The van der Waals surface area contributed by atoms with Gasteiger partial charge in [0, 0.05) is 19.2 Å². The van der Waals surface area contributed by atoms with Crippen molar-refractivity contribution in [2.24, 2.45) is 0 Å². The van der Waals surface area contributed by atoms with E-state index in [0.717, 1.165) is 24.3 Å². The Kier molecular flexibility index (Phi) is 4.74. The highest BCUT2D eigenvalue weighted by molar-refractivity contribution is 6.17. The highest BCUT2D eigenvalue weighted by Crippen LogP contribution is 2.19. The zero-order valence-corrected chi connectivity index (χ0v) is 11.6. The first-order valence-corrected chi connectivity index (χ1v) is 6.69. The monoisotopic (exact) mass is 278 g/mol. The zero-order valence-electron chi connectivity index (χ0n) is 10.8. The normalized spacial score (nSPS) is 10.5. The Morgan fingerprint density at radius 2 is 2.00 bits per heavy atom. The van der Waals surface area contributed by atoms with E-state index in [1.165, 1.54) is 17.8 Å². The number of hydrogen-bond donors (Lipinski definition) is 0. The van der Waals surface area contributed by atoms with E-state index >= 15 is 0 Å². The lowest BCUT2D eigenvalue weighted by molar-refractivity contribution is 0.619. The van der Waals surface area contributed by atoms with Crippen LogP contribution in [0.3, 0.4) is 0 Å². The molecule has 0 N–H and O–H groups in total. The van der Waals surface area contributed by atoms with Crippen molar-refractivity contribution in [3.8, 4) is 0 Å². The van der Waals surface area contributed by atoms with Gasteiger partial charge in [-0.2, -0.15) is 0 Å². The summed E-state index contributed by atoms with van der Waals surface area (Å²) in [6, 6.07) is 11.7. The van der Waals surface area contributed by atoms with Crippen molar-refractivity contribution in [3.05, 3.63) is 59.5 Å². The van der Waals surface area contributed by atoms with E-state index in [1.54, 1.807) is 0 Å². The van der Waals surface area contributed by atoms with Crippen molar-refractivity contribution in [1.82, 2.24) is 4.98 Å². The van der Waals surface area contributed by atoms with Crippen molar-refractivity contribution in [2.75, 3.05) is 18.5 Å². The lowest BCUT2D eigenvalue weighted by Gasteiger charge is -2.20. The van der Waals surface area contributed by atoms with Crippen LogP contribution in [0.4, 0.5) is 10.2 Å². The molecule has 0 spiro atoms. The van der Waals surface area contributed by atoms with Crippen LogP contribution in [0.15, 0.2) is 42.6 Å². The van der Waals surface area contributed by atoms with E-state index in [4.69, 9.17) is 11.6 Å². The molecule has 0 fully saturated rings. The number of benzene rings is 1. The standard InChI is InChI=1S/C15H16ClFN2/c1-19(8-7-12-5-3-2-4-6-12)15-13(10-16)9-14(17)11-18-15/h2-6,9,11H,7-8,10H2,1H3. The van der Waals surface area contributed by atoms with E-state index in [9.17, 15) is 4.39 Å². The molecule has 0 unspecified atom stereocenters. The van der Waals surface area contributed by atoms with Crippen LogP contribution in [-0.4, -0.2) is 18.6 Å².